The van der Waals surface area contributed by atoms with Gasteiger partial charge >= 0.3 is 0 Å². The van der Waals surface area contributed by atoms with Crippen LogP contribution in [-0.2, 0) is 0 Å². The molecule has 18 heavy (non-hydrogen) atoms. The molecular weight excluding hydrogens is 253 g/mol. The first kappa shape index (κ1) is 11.0. The smallest absolute Gasteiger partial charge is 0.206 e. The number of benzene rings is 2. The Balaban J connectivity index is 2.43. The second-order valence-corrected chi connectivity index (χ2v) is 4.27. The first-order valence-electron chi connectivity index (χ1n) is 5.36. The van der Waals surface area contributed by atoms with Gasteiger partial charge in [0.15, 0.2) is 0 Å². The van der Waals surface area contributed by atoms with E-state index in [1.165, 1.54) is 10.6 Å². The molecule has 2 N–H and O–H groups in total. The lowest BCUT2D eigenvalue weighted by atomic mass is 10.2. The Bertz CT molecular complexity index is 736. The van der Waals surface area contributed by atoms with Gasteiger partial charge in [-0.2, -0.15) is 0 Å². The first-order chi connectivity index (χ1) is 8.68. The lowest BCUT2D eigenvalue weighted by Crippen LogP contribution is -2.02. The number of rotatable bonds is 1. The van der Waals surface area contributed by atoms with E-state index in [4.69, 9.17) is 17.3 Å². The number of imidazole rings is 1. The Morgan fingerprint density at radius 2 is 1.89 bits per heavy atom. The first-order valence-corrected chi connectivity index (χ1v) is 5.73. The summed E-state index contributed by atoms with van der Waals surface area (Å²) in [6.45, 7) is 0. The maximum atomic E-state index is 13.8. The summed E-state index contributed by atoms with van der Waals surface area (Å²) in [5.41, 5.74) is 7.44. The summed E-state index contributed by atoms with van der Waals surface area (Å²) in [4.78, 5) is 4.18. The molecule has 3 aromatic rings. The summed E-state index contributed by atoms with van der Waals surface area (Å²) in [6.07, 6.45) is 0. The van der Waals surface area contributed by atoms with Crippen molar-refractivity contribution in [3.63, 3.8) is 0 Å². The number of aromatic nitrogens is 2. The molecule has 0 aliphatic rings. The van der Waals surface area contributed by atoms with Gasteiger partial charge in [0.05, 0.1) is 21.7 Å². The highest BCUT2D eigenvalue weighted by Crippen LogP contribution is 2.29. The van der Waals surface area contributed by atoms with Crippen molar-refractivity contribution in [1.29, 1.82) is 0 Å². The van der Waals surface area contributed by atoms with E-state index in [9.17, 15) is 4.39 Å². The summed E-state index contributed by atoms with van der Waals surface area (Å²) in [5, 5.41) is 0.486. The van der Waals surface area contributed by atoms with Crippen LogP contribution < -0.4 is 5.73 Å². The Morgan fingerprint density at radius 3 is 2.67 bits per heavy atom. The molecule has 0 aliphatic carbocycles. The summed E-state index contributed by atoms with van der Waals surface area (Å²) < 4.78 is 15.4. The van der Waals surface area contributed by atoms with Crippen LogP contribution in [0.25, 0.3) is 16.7 Å². The minimum Gasteiger partial charge on any atom is -0.369 e. The summed E-state index contributed by atoms with van der Waals surface area (Å²) in [7, 11) is 0. The SMILES string of the molecule is Nc1nc2cccc(Cl)c2n1-c1ccccc1F. The fraction of sp³-hybridized carbons (Fsp3) is 0. The minimum absolute atomic E-state index is 0.211. The molecule has 0 atom stereocenters. The van der Waals surface area contributed by atoms with Crippen molar-refractivity contribution >= 4 is 28.6 Å². The molecule has 3 nitrogen and oxygen atoms in total. The van der Waals surface area contributed by atoms with E-state index < -0.39 is 0 Å². The fourth-order valence-corrected chi connectivity index (χ4v) is 2.23. The summed E-state index contributed by atoms with van der Waals surface area (Å²) in [5.74, 6) is -0.161. The molecule has 5 heteroatoms. The second kappa shape index (κ2) is 3.99. The van der Waals surface area contributed by atoms with E-state index in [1.807, 2.05) is 0 Å². The second-order valence-electron chi connectivity index (χ2n) is 3.86. The topological polar surface area (TPSA) is 43.8 Å². The minimum atomic E-state index is -0.372. The van der Waals surface area contributed by atoms with Gasteiger partial charge in [0.1, 0.15) is 5.82 Å². The molecule has 0 saturated carbocycles. The van der Waals surface area contributed by atoms with Crippen molar-refractivity contribution in [2.45, 2.75) is 0 Å². The maximum Gasteiger partial charge on any atom is 0.206 e. The van der Waals surface area contributed by atoms with Gasteiger partial charge in [-0.1, -0.05) is 29.8 Å². The van der Waals surface area contributed by atoms with E-state index in [2.05, 4.69) is 4.98 Å². The maximum absolute atomic E-state index is 13.8. The zero-order valence-electron chi connectivity index (χ0n) is 9.27. The van der Waals surface area contributed by atoms with Gasteiger partial charge in [0.25, 0.3) is 0 Å². The van der Waals surface area contributed by atoms with Crippen molar-refractivity contribution in [2.24, 2.45) is 0 Å². The highest BCUT2D eigenvalue weighted by atomic mass is 35.5. The predicted molar refractivity (Wildman–Crippen MR) is 70.5 cm³/mol. The largest absolute Gasteiger partial charge is 0.369 e. The van der Waals surface area contributed by atoms with Crippen molar-refractivity contribution in [3.8, 4) is 5.69 Å². The van der Waals surface area contributed by atoms with E-state index >= 15 is 0 Å². The predicted octanol–water partition coefficient (Wildman–Crippen LogP) is 3.40. The molecular formula is C13H9ClFN3. The van der Waals surface area contributed by atoms with Gasteiger partial charge in [-0.25, -0.2) is 9.37 Å². The van der Waals surface area contributed by atoms with Gasteiger partial charge in [0.2, 0.25) is 5.95 Å². The number of nitrogen functional groups attached to an aromatic ring is 1. The van der Waals surface area contributed by atoms with Crippen LogP contribution in [0.15, 0.2) is 42.5 Å². The van der Waals surface area contributed by atoms with Crippen LogP contribution in [0.1, 0.15) is 0 Å². The van der Waals surface area contributed by atoms with Crippen LogP contribution >= 0.6 is 11.6 Å². The Morgan fingerprint density at radius 1 is 1.11 bits per heavy atom. The molecule has 0 amide bonds. The number of nitrogens with two attached hydrogens (primary N) is 1. The fourth-order valence-electron chi connectivity index (χ4n) is 1.98. The highest BCUT2D eigenvalue weighted by molar-refractivity contribution is 6.35. The molecule has 1 heterocycles. The third-order valence-corrected chi connectivity index (χ3v) is 3.05. The molecule has 0 saturated heterocycles. The number of anilines is 1. The molecule has 1 aromatic heterocycles. The third kappa shape index (κ3) is 1.54. The average Bonchev–Trinajstić information content (AvgIpc) is 2.68. The van der Waals surface area contributed by atoms with Crippen LogP contribution in [0.3, 0.4) is 0 Å². The van der Waals surface area contributed by atoms with E-state index in [0.717, 1.165) is 0 Å². The van der Waals surface area contributed by atoms with E-state index in [1.54, 1.807) is 36.4 Å². The zero-order valence-corrected chi connectivity index (χ0v) is 10.0. The molecule has 0 radical (unpaired) electrons. The molecule has 2 aromatic carbocycles. The van der Waals surface area contributed by atoms with Crippen LogP contribution in [0.4, 0.5) is 10.3 Å². The molecule has 0 unspecified atom stereocenters. The Kier molecular flexibility index (Phi) is 2.45. The van der Waals surface area contributed by atoms with Crippen LogP contribution in [0, 0.1) is 5.82 Å². The van der Waals surface area contributed by atoms with Crippen LogP contribution in [-0.4, -0.2) is 9.55 Å². The quantitative estimate of drug-likeness (QED) is 0.730. The lowest BCUT2D eigenvalue weighted by Gasteiger charge is -2.08. The van der Waals surface area contributed by atoms with Gasteiger partial charge < -0.3 is 5.73 Å². The standard InChI is InChI=1S/C13H9ClFN3/c14-8-4-3-6-10-12(8)18(13(16)17-10)11-7-2-1-5-9(11)15/h1-7H,(H2,16,17). The molecule has 3 rings (SSSR count). The Labute approximate surface area is 108 Å². The van der Waals surface area contributed by atoms with E-state index in [-0.39, 0.29) is 11.8 Å². The average molecular weight is 262 g/mol. The monoisotopic (exact) mass is 261 g/mol. The van der Waals surface area contributed by atoms with Gasteiger partial charge in [-0.15, -0.1) is 0 Å². The Hall–Kier alpha value is -2.07. The van der Waals surface area contributed by atoms with E-state index in [0.29, 0.717) is 21.7 Å². The lowest BCUT2D eigenvalue weighted by molar-refractivity contribution is 0.620. The number of fused-ring (bicyclic) bond motifs is 1. The normalized spacial score (nSPS) is 11.0. The summed E-state index contributed by atoms with van der Waals surface area (Å²) in [6, 6.07) is 11.7. The number of hydrogen-bond donors (Lipinski definition) is 1. The number of hydrogen-bond acceptors (Lipinski definition) is 2. The van der Waals surface area contributed by atoms with Gasteiger partial charge in [-0.05, 0) is 24.3 Å². The van der Waals surface area contributed by atoms with Crippen LogP contribution in [0.2, 0.25) is 5.02 Å². The molecule has 0 bridgehead atoms. The van der Waals surface area contributed by atoms with Crippen LogP contribution in [0.5, 0.6) is 0 Å². The molecule has 90 valence electrons. The van der Waals surface area contributed by atoms with Gasteiger partial charge in [-0.3, -0.25) is 4.57 Å². The highest BCUT2D eigenvalue weighted by Gasteiger charge is 2.14. The van der Waals surface area contributed by atoms with Gasteiger partial charge in [0, 0.05) is 0 Å². The molecule has 0 aliphatic heterocycles. The number of halogens is 2. The third-order valence-electron chi connectivity index (χ3n) is 2.75. The molecule has 0 fully saturated rings. The number of para-hydroxylation sites is 2. The van der Waals surface area contributed by atoms with Crippen molar-refractivity contribution in [2.75, 3.05) is 5.73 Å². The summed E-state index contributed by atoms with van der Waals surface area (Å²) >= 11 is 6.14. The number of nitrogens with zero attached hydrogens (tertiary/aromatic N) is 2. The zero-order chi connectivity index (χ0) is 12.7. The van der Waals surface area contributed by atoms with Crippen molar-refractivity contribution in [1.82, 2.24) is 9.55 Å². The van der Waals surface area contributed by atoms with Crippen molar-refractivity contribution < 1.29 is 4.39 Å². The van der Waals surface area contributed by atoms with Crippen molar-refractivity contribution in [3.05, 3.63) is 53.3 Å². The molecule has 0 spiro atoms.